The van der Waals surface area contributed by atoms with Gasteiger partial charge in [-0.05, 0) is 30.5 Å². The lowest BCUT2D eigenvalue weighted by Gasteiger charge is -2.34. The Morgan fingerprint density at radius 3 is 2.50 bits per heavy atom. The molecular weight excluding hydrogens is 388 g/mol. The normalized spacial score (nSPS) is 16.0. The smallest absolute Gasteiger partial charge is 0.255 e. The van der Waals surface area contributed by atoms with Crippen molar-refractivity contribution in [1.29, 1.82) is 0 Å². The Bertz CT molecular complexity index is 842. The number of hydrogen-bond donors (Lipinski definition) is 0. The Balaban J connectivity index is 1.67. The quantitative estimate of drug-likeness (QED) is 0.687. The number of benzene rings is 1. The monoisotopic (exact) mass is 410 g/mol. The van der Waals surface area contributed by atoms with Gasteiger partial charge in [0.15, 0.2) is 0 Å². The SMILES string of the molecule is CCS(=O)(=O)N1CCN(C(=O)c2ccccc2SCc2cccs2)CC1. The Kier molecular flexibility index (Phi) is 6.39. The summed E-state index contributed by atoms with van der Waals surface area (Å²) in [5, 5.41) is 2.05. The first-order valence-corrected chi connectivity index (χ1v) is 12.0. The zero-order valence-electron chi connectivity index (χ0n) is 14.6. The number of nitrogens with zero attached hydrogens (tertiary/aromatic N) is 2. The van der Waals surface area contributed by atoms with Crippen LogP contribution in [0.15, 0.2) is 46.7 Å². The predicted molar refractivity (Wildman–Crippen MR) is 107 cm³/mol. The van der Waals surface area contributed by atoms with E-state index < -0.39 is 10.0 Å². The van der Waals surface area contributed by atoms with E-state index in [0.717, 1.165) is 10.6 Å². The van der Waals surface area contributed by atoms with Gasteiger partial charge in [0.1, 0.15) is 0 Å². The molecule has 1 saturated heterocycles. The molecule has 3 rings (SSSR count). The molecule has 140 valence electrons. The molecule has 0 radical (unpaired) electrons. The highest BCUT2D eigenvalue weighted by Gasteiger charge is 2.28. The standard InChI is InChI=1S/C18H22N2O3S3/c1-2-26(22,23)20-11-9-19(10-12-20)18(21)16-7-3-4-8-17(16)25-14-15-6-5-13-24-15/h3-8,13H,2,9-12,14H2,1H3. The zero-order valence-corrected chi connectivity index (χ0v) is 17.1. The Morgan fingerprint density at radius 1 is 1.12 bits per heavy atom. The van der Waals surface area contributed by atoms with E-state index in [4.69, 9.17) is 0 Å². The molecule has 0 aliphatic carbocycles. The van der Waals surface area contributed by atoms with Crippen molar-refractivity contribution in [2.45, 2.75) is 17.6 Å². The van der Waals surface area contributed by atoms with Crippen LogP contribution in [0, 0.1) is 0 Å². The van der Waals surface area contributed by atoms with Gasteiger partial charge in [-0.15, -0.1) is 23.1 Å². The fraction of sp³-hybridized carbons (Fsp3) is 0.389. The summed E-state index contributed by atoms with van der Waals surface area (Å²) in [6, 6.07) is 11.8. The van der Waals surface area contributed by atoms with Crippen molar-refractivity contribution in [3.63, 3.8) is 0 Å². The zero-order chi connectivity index (χ0) is 18.6. The topological polar surface area (TPSA) is 57.7 Å². The Labute approximate surface area is 163 Å². The van der Waals surface area contributed by atoms with Crippen LogP contribution >= 0.6 is 23.1 Å². The van der Waals surface area contributed by atoms with Crippen LogP contribution in [-0.2, 0) is 15.8 Å². The van der Waals surface area contributed by atoms with Crippen LogP contribution in [0.25, 0.3) is 0 Å². The largest absolute Gasteiger partial charge is 0.336 e. The number of rotatable bonds is 6. The first kappa shape index (κ1) is 19.4. The van der Waals surface area contributed by atoms with Crippen molar-refractivity contribution in [1.82, 2.24) is 9.21 Å². The van der Waals surface area contributed by atoms with Crippen LogP contribution in [0.5, 0.6) is 0 Å². The van der Waals surface area contributed by atoms with Crippen molar-refractivity contribution >= 4 is 39.0 Å². The van der Waals surface area contributed by atoms with Crippen molar-refractivity contribution < 1.29 is 13.2 Å². The minimum atomic E-state index is -3.18. The Hall–Kier alpha value is -1.35. The molecule has 26 heavy (non-hydrogen) atoms. The summed E-state index contributed by atoms with van der Waals surface area (Å²) in [6.45, 7) is 3.25. The number of piperazine rings is 1. The highest BCUT2D eigenvalue weighted by molar-refractivity contribution is 7.98. The second kappa shape index (κ2) is 8.56. The van der Waals surface area contributed by atoms with Crippen LogP contribution in [0.1, 0.15) is 22.2 Å². The number of thiophene rings is 1. The molecule has 0 unspecified atom stereocenters. The van der Waals surface area contributed by atoms with Gasteiger partial charge < -0.3 is 4.90 Å². The number of hydrogen-bond acceptors (Lipinski definition) is 5. The third-order valence-electron chi connectivity index (χ3n) is 4.35. The summed E-state index contributed by atoms with van der Waals surface area (Å²) in [7, 11) is -3.18. The maximum absolute atomic E-state index is 13.0. The molecule has 2 heterocycles. The van der Waals surface area contributed by atoms with Gasteiger partial charge in [-0.1, -0.05) is 18.2 Å². The number of amides is 1. The maximum atomic E-state index is 13.0. The van der Waals surface area contributed by atoms with Gasteiger partial charge in [0.25, 0.3) is 5.91 Å². The minimum absolute atomic E-state index is 0.0205. The van der Waals surface area contributed by atoms with Crippen molar-refractivity contribution in [2.24, 2.45) is 0 Å². The Morgan fingerprint density at radius 2 is 1.85 bits per heavy atom. The molecule has 0 atom stereocenters. The summed E-state index contributed by atoms with van der Waals surface area (Å²) in [6.07, 6.45) is 0. The van der Waals surface area contributed by atoms with E-state index in [1.807, 2.05) is 30.3 Å². The molecule has 0 spiro atoms. The fourth-order valence-corrected chi connectivity index (χ4v) is 5.74. The number of sulfonamides is 1. The summed E-state index contributed by atoms with van der Waals surface area (Å²) >= 11 is 3.37. The van der Waals surface area contributed by atoms with Crippen LogP contribution in [0.2, 0.25) is 0 Å². The third-order valence-corrected chi connectivity index (χ3v) is 8.41. The van der Waals surface area contributed by atoms with Crippen LogP contribution in [0.4, 0.5) is 0 Å². The minimum Gasteiger partial charge on any atom is -0.336 e. The van der Waals surface area contributed by atoms with Crippen LogP contribution in [0.3, 0.4) is 0 Å². The predicted octanol–water partition coefficient (Wildman–Crippen LogP) is 3.15. The fourth-order valence-electron chi connectivity index (χ4n) is 2.84. The number of carbonyl (C=O) groups excluding carboxylic acids is 1. The van der Waals surface area contributed by atoms with E-state index in [2.05, 4.69) is 11.4 Å². The molecule has 1 aromatic carbocycles. The van der Waals surface area contributed by atoms with Crippen LogP contribution < -0.4 is 0 Å². The highest BCUT2D eigenvalue weighted by atomic mass is 32.2. The van der Waals surface area contributed by atoms with E-state index in [0.29, 0.717) is 31.7 Å². The lowest BCUT2D eigenvalue weighted by molar-refractivity contribution is 0.0694. The van der Waals surface area contributed by atoms with Gasteiger partial charge in [0, 0.05) is 41.7 Å². The lowest BCUT2D eigenvalue weighted by Crippen LogP contribution is -2.50. The van der Waals surface area contributed by atoms with Gasteiger partial charge in [0.2, 0.25) is 10.0 Å². The van der Waals surface area contributed by atoms with E-state index >= 15 is 0 Å². The summed E-state index contributed by atoms with van der Waals surface area (Å²) in [5.41, 5.74) is 0.695. The molecule has 1 fully saturated rings. The van der Waals surface area contributed by atoms with Crippen LogP contribution in [-0.4, -0.2) is 55.5 Å². The van der Waals surface area contributed by atoms with E-state index in [1.54, 1.807) is 34.9 Å². The molecule has 8 heteroatoms. The molecule has 1 amide bonds. The summed E-state index contributed by atoms with van der Waals surface area (Å²) in [4.78, 5) is 17.0. The van der Waals surface area contributed by atoms with Gasteiger partial charge >= 0.3 is 0 Å². The van der Waals surface area contributed by atoms with Crippen molar-refractivity contribution in [2.75, 3.05) is 31.9 Å². The van der Waals surface area contributed by atoms with Crippen molar-refractivity contribution in [3.8, 4) is 0 Å². The maximum Gasteiger partial charge on any atom is 0.255 e. The second-order valence-electron chi connectivity index (χ2n) is 5.96. The molecule has 1 aromatic heterocycles. The molecule has 0 bridgehead atoms. The van der Waals surface area contributed by atoms with Gasteiger partial charge in [-0.2, -0.15) is 4.31 Å². The van der Waals surface area contributed by atoms with Gasteiger partial charge in [0.05, 0.1) is 11.3 Å². The molecule has 0 saturated carbocycles. The third kappa shape index (κ3) is 4.49. The molecule has 1 aliphatic heterocycles. The molecule has 2 aromatic rings. The highest BCUT2D eigenvalue weighted by Crippen LogP contribution is 2.29. The lowest BCUT2D eigenvalue weighted by atomic mass is 10.2. The molecule has 5 nitrogen and oxygen atoms in total. The molecule has 1 aliphatic rings. The van der Waals surface area contributed by atoms with E-state index in [9.17, 15) is 13.2 Å². The van der Waals surface area contributed by atoms with E-state index in [-0.39, 0.29) is 11.7 Å². The second-order valence-corrected chi connectivity index (χ2v) is 10.3. The average Bonchev–Trinajstić information content (AvgIpc) is 3.20. The van der Waals surface area contributed by atoms with Crippen molar-refractivity contribution in [3.05, 3.63) is 52.2 Å². The summed E-state index contributed by atoms with van der Waals surface area (Å²) in [5.74, 6) is 0.918. The first-order chi connectivity index (χ1) is 12.5. The summed E-state index contributed by atoms with van der Waals surface area (Å²) < 4.78 is 25.4. The number of carbonyl (C=O) groups is 1. The first-order valence-electron chi connectivity index (χ1n) is 8.52. The number of thioether (sulfide) groups is 1. The molecular formula is C18H22N2O3S3. The van der Waals surface area contributed by atoms with Gasteiger partial charge in [-0.25, -0.2) is 8.42 Å². The van der Waals surface area contributed by atoms with Gasteiger partial charge in [-0.3, -0.25) is 4.79 Å². The van der Waals surface area contributed by atoms with E-state index in [1.165, 1.54) is 9.18 Å². The average molecular weight is 411 g/mol. The molecule has 0 N–H and O–H groups in total.